The van der Waals surface area contributed by atoms with Crippen molar-refractivity contribution in [3.63, 3.8) is 0 Å². The lowest BCUT2D eigenvalue weighted by Crippen LogP contribution is -2.14. The quantitative estimate of drug-likeness (QED) is 0.879. The molecule has 2 rings (SSSR count). The number of ether oxygens (including phenoxy) is 2. The van der Waals surface area contributed by atoms with Crippen molar-refractivity contribution in [3.8, 4) is 11.5 Å². The van der Waals surface area contributed by atoms with E-state index < -0.39 is 23.9 Å². The van der Waals surface area contributed by atoms with E-state index >= 15 is 0 Å². The number of halogens is 3. The standard InChI is InChI=1S/C13H13F3N4O3/c1-3-23-8-5-4-7(6-9(8)22-2)10(21)17-12-18-11(19-20-12)13(14,15)16/h4-6H,3H2,1-2H3,(H2,17,18,19,20,21). The zero-order valence-electron chi connectivity index (χ0n) is 12.2. The molecule has 0 spiro atoms. The molecular weight excluding hydrogens is 317 g/mol. The lowest BCUT2D eigenvalue weighted by Gasteiger charge is -2.10. The van der Waals surface area contributed by atoms with Crippen LogP contribution in [-0.2, 0) is 6.18 Å². The van der Waals surface area contributed by atoms with Crippen molar-refractivity contribution in [1.82, 2.24) is 15.2 Å². The summed E-state index contributed by atoms with van der Waals surface area (Å²) >= 11 is 0. The molecular formula is C13H13F3N4O3. The number of H-pyrrole nitrogens is 1. The van der Waals surface area contributed by atoms with E-state index in [-0.39, 0.29) is 5.56 Å². The zero-order valence-corrected chi connectivity index (χ0v) is 12.2. The summed E-state index contributed by atoms with van der Waals surface area (Å²) in [4.78, 5) is 15.2. The van der Waals surface area contributed by atoms with Gasteiger partial charge in [0.2, 0.25) is 11.8 Å². The van der Waals surface area contributed by atoms with Gasteiger partial charge in [0.1, 0.15) is 0 Å². The van der Waals surface area contributed by atoms with Crippen LogP contribution < -0.4 is 14.8 Å². The number of rotatable bonds is 5. The summed E-state index contributed by atoms with van der Waals surface area (Å²) in [6, 6.07) is 4.37. The molecule has 1 aromatic carbocycles. The summed E-state index contributed by atoms with van der Waals surface area (Å²) in [5.41, 5.74) is 0.156. The van der Waals surface area contributed by atoms with Crippen LogP contribution in [0.25, 0.3) is 0 Å². The molecule has 0 aliphatic heterocycles. The number of aromatic amines is 1. The molecule has 0 fully saturated rings. The first kappa shape index (κ1) is 16.6. The Kier molecular flexibility index (Phi) is 4.72. The molecule has 0 saturated carbocycles. The predicted octanol–water partition coefficient (Wildman–Crippen LogP) is 2.48. The maximum Gasteiger partial charge on any atom is 0.451 e. The highest BCUT2D eigenvalue weighted by molar-refractivity contribution is 6.03. The molecule has 10 heteroatoms. The summed E-state index contributed by atoms with van der Waals surface area (Å²) in [5.74, 6) is -1.68. The van der Waals surface area contributed by atoms with Crippen molar-refractivity contribution >= 4 is 11.9 Å². The van der Waals surface area contributed by atoms with E-state index in [0.29, 0.717) is 18.1 Å². The second-order valence-corrected chi connectivity index (χ2v) is 4.26. The van der Waals surface area contributed by atoms with Gasteiger partial charge < -0.3 is 9.47 Å². The van der Waals surface area contributed by atoms with E-state index in [1.165, 1.54) is 25.3 Å². The van der Waals surface area contributed by atoms with Crippen molar-refractivity contribution in [2.75, 3.05) is 19.0 Å². The average molecular weight is 330 g/mol. The Labute approximate surface area is 128 Å². The molecule has 1 amide bonds. The van der Waals surface area contributed by atoms with Gasteiger partial charge in [-0.25, -0.2) is 0 Å². The summed E-state index contributed by atoms with van der Waals surface area (Å²) in [6.45, 7) is 2.21. The number of methoxy groups -OCH3 is 1. The van der Waals surface area contributed by atoms with Gasteiger partial charge in [-0.2, -0.15) is 18.2 Å². The van der Waals surface area contributed by atoms with Gasteiger partial charge in [0.25, 0.3) is 5.91 Å². The molecule has 0 unspecified atom stereocenters. The van der Waals surface area contributed by atoms with Crippen molar-refractivity contribution in [1.29, 1.82) is 0 Å². The highest BCUT2D eigenvalue weighted by Crippen LogP contribution is 2.29. The first-order valence-electron chi connectivity index (χ1n) is 6.47. The van der Waals surface area contributed by atoms with Gasteiger partial charge in [0.05, 0.1) is 13.7 Å². The minimum atomic E-state index is -4.67. The van der Waals surface area contributed by atoms with E-state index in [1.807, 2.05) is 0 Å². The topological polar surface area (TPSA) is 89.1 Å². The number of hydrogen-bond acceptors (Lipinski definition) is 5. The van der Waals surface area contributed by atoms with Gasteiger partial charge in [-0.3, -0.25) is 15.2 Å². The smallest absolute Gasteiger partial charge is 0.451 e. The molecule has 2 N–H and O–H groups in total. The molecule has 0 aliphatic rings. The number of carbonyl (C=O) groups is 1. The number of aromatic nitrogens is 3. The highest BCUT2D eigenvalue weighted by atomic mass is 19.4. The van der Waals surface area contributed by atoms with Gasteiger partial charge in [-0.05, 0) is 25.1 Å². The van der Waals surface area contributed by atoms with Gasteiger partial charge in [0, 0.05) is 5.56 Å². The first-order valence-corrected chi connectivity index (χ1v) is 6.47. The number of alkyl halides is 3. The van der Waals surface area contributed by atoms with Crippen LogP contribution in [0.1, 0.15) is 23.1 Å². The Morgan fingerprint density at radius 2 is 2.09 bits per heavy atom. The van der Waals surface area contributed by atoms with Gasteiger partial charge in [0.15, 0.2) is 11.5 Å². The molecule has 0 aliphatic carbocycles. The number of benzene rings is 1. The molecule has 124 valence electrons. The lowest BCUT2D eigenvalue weighted by atomic mass is 10.2. The Morgan fingerprint density at radius 1 is 1.35 bits per heavy atom. The average Bonchev–Trinajstić information content (AvgIpc) is 2.96. The van der Waals surface area contributed by atoms with Gasteiger partial charge >= 0.3 is 6.18 Å². The number of amides is 1. The Morgan fingerprint density at radius 3 is 2.65 bits per heavy atom. The van der Waals surface area contributed by atoms with Crippen LogP contribution in [0, 0.1) is 0 Å². The normalized spacial score (nSPS) is 11.2. The first-order chi connectivity index (χ1) is 10.8. The third kappa shape index (κ3) is 3.90. The van der Waals surface area contributed by atoms with Crippen LogP contribution in [0.15, 0.2) is 18.2 Å². The van der Waals surface area contributed by atoms with E-state index in [2.05, 4.69) is 15.4 Å². The Hall–Kier alpha value is -2.78. The predicted molar refractivity (Wildman–Crippen MR) is 73.5 cm³/mol. The fraction of sp³-hybridized carbons (Fsp3) is 0.308. The molecule has 0 bridgehead atoms. The second-order valence-electron chi connectivity index (χ2n) is 4.26. The summed E-state index contributed by atoms with van der Waals surface area (Å²) in [5, 5.41) is 7.16. The van der Waals surface area contributed by atoms with Gasteiger partial charge in [-0.1, -0.05) is 0 Å². The van der Waals surface area contributed by atoms with E-state index in [1.54, 1.807) is 12.0 Å². The fourth-order valence-electron chi connectivity index (χ4n) is 1.70. The second kappa shape index (κ2) is 6.55. The summed E-state index contributed by atoms with van der Waals surface area (Å²) < 4.78 is 47.6. The minimum Gasteiger partial charge on any atom is -0.493 e. The third-order valence-electron chi connectivity index (χ3n) is 2.70. The number of anilines is 1. The molecule has 2 aromatic rings. The van der Waals surface area contributed by atoms with Crippen molar-refractivity contribution in [3.05, 3.63) is 29.6 Å². The molecule has 1 heterocycles. The SMILES string of the molecule is CCOc1ccc(C(=O)Nc2n[nH]c(C(F)(F)F)n2)cc1OC. The highest BCUT2D eigenvalue weighted by Gasteiger charge is 2.35. The molecule has 0 radical (unpaired) electrons. The maximum atomic E-state index is 12.4. The van der Waals surface area contributed by atoms with Crippen LogP contribution in [0.3, 0.4) is 0 Å². The number of nitrogens with one attached hydrogen (secondary N) is 2. The number of nitrogens with zero attached hydrogens (tertiary/aromatic N) is 2. The molecule has 23 heavy (non-hydrogen) atoms. The molecule has 1 aromatic heterocycles. The largest absolute Gasteiger partial charge is 0.493 e. The zero-order chi connectivity index (χ0) is 17.0. The Balaban J connectivity index is 2.16. The monoisotopic (exact) mass is 330 g/mol. The lowest BCUT2D eigenvalue weighted by molar-refractivity contribution is -0.144. The third-order valence-corrected chi connectivity index (χ3v) is 2.70. The van der Waals surface area contributed by atoms with E-state index in [9.17, 15) is 18.0 Å². The minimum absolute atomic E-state index is 0.156. The van der Waals surface area contributed by atoms with Crippen LogP contribution in [0.2, 0.25) is 0 Å². The number of carbonyl (C=O) groups excluding carboxylic acids is 1. The fourth-order valence-corrected chi connectivity index (χ4v) is 1.70. The van der Waals surface area contributed by atoms with Crippen molar-refractivity contribution in [2.45, 2.75) is 13.1 Å². The molecule has 0 atom stereocenters. The van der Waals surface area contributed by atoms with Crippen LogP contribution in [0.5, 0.6) is 11.5 Å². The summed E-state index contributed by atoms with van der Waals surface area (Å²) in [6.07, 6.45) is -4.67. The van der Waals surface area contributed by atoms with Crippen LogP contribution in [-0.4, -0.2) is 34.8 Å². The van der Waals surface area contributed by atoms with Crippen LogP contribution >= 0.6 is 0 Å². The van der Waals surface area contributed by atoms with Gasteiger partial charge in [-0.15, -0.1) is 5.10 Å². The number of hydrogen-bond donors (Lipinski definition) is 2. The van der Waals surface area contributed by atoms with E-state index in [4.69, 9.17) is 9.47 Å². The molecule has 0 saturated heterocycles. The van der Waals surface area contributed by atoms with Crippen molar-refractivity contribution < 1.29 is 27.4 Å². The molecule has 7 nitrogen and oxygen atoms in total. The van der Waals surface area contributed by atoms with Crippen molar-refractivity contribution in [2.24, 2.45) is 0 Å². The van der Waals surface area contributed by atoms with Crippen LogP contribution in [0.4, 0.5) is 19.1 Å². The van der Waals surface area contributed by atoms with E-state index in [0.717, 1.165) is 0 Å². The maximum absolute atomic E-state index is 12.4. The summed E-state index contributed by atoms with van der Waals surface area (Å²) in [7, 11) is 1.41. The Bertz CT molecular complexity index is 700.